The monoisotopic (exact) mass is 215 g/mol. The van der Waals surface area contributed by atoms with E-state index in [0.29, 0.717) is 11.0 Å². The van der Waals surface area contributed by atoms with Crippen LogP contribution in [-0.4, -0.2) is 16.0 Å². The van der Waals surface area contributed by atoms with Gasteiger partial charge in [0.2, 0.25) is 5.28 Å². The van der Waals surface area contributed by atoms with Crippen molar-refractivity contribution in [1.29, 1.82) is 0 Å². The molecule has 0 saturated carbocycles. The van der Waals surface area contributed by atoms with Crippen molar-refractivity contribution in [2.45, 2.75) is 13.0 Å². The van der Waals surface area contributed by atoms with E-state index in [-0.39, 0.29) is 11.3 Å². The molecular formula is C8H7Cl2N3. The molecule has 0 bridgehead atoms. The number of aromatic nitrogens is 2. The first-order valence-corrected chi connectivity index (χ1v) is 4.60. The Morgan fingerprint density at radius 3 is 2.92 bits per heavy atom. The minimum Gasteiger partial charge on any atom is -0.363 e. The first-order chi connectivity index (χ1) is 6.16. The van der Waals surface area contributed by atoms with E-state index in [0.717, 1.165) is 5.56 Å². The molecular weight excluding hydrogens is 209 g/mol. The molecule has 2 heterocycles. The Labute approximate surface area is 85.8 Å². The second kappa shape index (κ2) is 3.16. The maximum Gasteiger partial charge on any atom is 0.225 e. The molecule has 1 N–H and O–H groups in total. The van der Waals surface area contributed by atoms with Crippen LogP contribution in [0.4, 0.5) is 5.82 Å². The normalized spacial score (nSPS) is 19.5. The molecule has 1 aliphatic rings. The van der Waals surface area contributed by atoms with Crippen LogP contribution in [0.1, 0.15) is 12.5 Å². The molecule has 0 aliphatic carbocycles. The van der Waals surface area contributed by atoms with E-state index in [1.165, 1.54) is 0 Å². The van der Waals surface area contributed by atoms with Gasteiger partial charge in [-0.2, -0.15) is 0 Å². The smallest absolute Gasteiger partial charge is 0.225 e. The summed E-state index contributed by atoms with van der Waals surface area (Å²) in [5, 5.41) is 3.68. The van der Waals surface area contributed by atoms with Gasteiger partial charge in [-0.1, -0.05) is 23.8 Å². The maximum absolute atomic E-state index is 5.87. The average molecular weight is 216 g/mol. The van der Waals surface area contributed by atoms with Gasteiger partial charge < -0.3 is 5.32 Å². The number of hydrogen-bond donors (Lipinski definition) is 1. The van der Waals surface area contributed by atoms with E-state index in [2.05, 4.69) is 15.3 Å². The van der Waals surface area contributed by atoms with Gasteiger partial charge in [-0.3, -0.25) is 0 Å². The fourth-order valence-electron chi connectivity index (χ4n) is 1.18. The van der Waals surface area contributed by atoms with Crippen LogP contribution in [0.3, 0.4) is 0 Å². The van der Waals surface area contributed by atoms with Crippen LogP contribution in [0.25, 0.3) is 6.08 Å². The predicted molar refractivity (Wildman–Crippen MR) is 54.2 cm³/mol. The predicted octanol–water partition coefficient (Wildman–Crippen LogP) is 2.61. The molecule has 0 radical (unpaired) electrons. The van der Waals surface area contributed by atoms with Crippen molar-refractivity contribution in [2.75, 3.05) is 5.32 Å². The lowest BCUT2D eigenvalue weighted by molar-refractivity contribution is 0.962. The molecule has 3 nitrogen and oxygen atoms in total. The number of nitrogens with one attached hydrogen (secondary N) is 1. The van der Waals surface area contributed by atoms with E-state index < -0.39 is 0 Å². The van der Waals surface area contributed by atoms with Gasteiger partial charge in [-0.05, 0) is 18.5 Å². The van der Waals surface area contributed by atoms with Gasteiger partial charge in [0, 0.05) is 6.04 Å². The van der Waals surface area contributed by atoms with Crippen LogP contribution < -0.4 is 5.32 Å². The number of halogens is 2. The summed E-state index contributed by atoms with van der Waals surface area (Å²) in [5.41, 5.74) is 0.796. The number of nitrogens with zero attached hydrogens (tertiary/aromatic N) is 2. The molecule has 1 aromatic rings. The van der Waals surface area contributed by atoms with Crippen molar-refractivity contribution in [2.24, 2.45) is 0 Å². The van der Waals surface area contributed by atoms with Crippen molar-refractivity contribution >= 4 is 35.1 Å². The van der Waals surface area contributed by atoms with Gasteiger partial charge in [0.25, 0.3) is 0 Å². The largest absolute Gasteiger partial charge is 0.363 e. The quantitative estimate of drug-likeness (QED) is 0.535. The van der Waals surface area contributed by atoms with Crippen molar-refractivity contribution in [3.63, 3.8) is 0 Å². The van der Waals surface area contributed by atoms with Crippen LogP contribution in [0.15, 0.2) is 6.08 Å². The lowest BCUT2D eigenvalue weighted by Crippen LogP contribution is -2.17. The first kappa shape index (κ1) is 8.78. The molecule has 1 aromatic heterocycles. The van der Waals surface area contributed by atoms with Crippen molar-refractivity contribution in [3.05, 3.63) is 22.1 Å². The molecule has 5 heteroatoms. The number of anilines is 1. The van der Waals surface area contributed by atoms with Crippen molar-refractivity contribution < 1.29 is 0 Å². The Kier molecular flexibility index (Phi) is 2.14. The molecule has 0 amide bonds. The molecule has 68 valence electrons. The third kappa shape index (κ3) is 1.62. The summed E-state index contributed by atoms with van der Waals surface area (Å²) in [7, 11) is 0. The Morgan fingerprint density at radius 1 is 1.38 bits per heavy atom. The van der Waals surface area contributed by atoms with Gasteiger partial charge in [0.1, 0.15) is 11.0 Å². The Balaban J connectivity index is 2.56. The molecule has 0 aromatic carbocycles. The Morgan fingerprint density at radius 2 is 2.15 bits per heavy atom. The SMILES string of the molecule is CC1C=Cc2c(Cl)nc(Cl)nc2N1. The highest BCUT2D eigenvalue weighted by Gasteiger charge is 2.14. The lowest BCUT2D eigenvalue weighted by Gasteiger charge is -2.17. The summed E-state index contributed by atoms with van der Waals surface area (Å²) in [6, 6.07) is 0.245. The van der Waals surface area contributed by atoms with Crippen molar-refractivity contribution in [1.82, 2.24) is 9.97 Å². The second-order valence-electron chi connectivity index (χ2n) is 2.84. The zero-order chi connectivity index (χ0) is 9.42. The first-order valence-electron chi connectivity index (χ1n) is 3.84. The average Bonchev–Trinajstić information content (AvgIpc) is 2.02. The van der Waals surface area contributed by atoms with E-state index in [1.54, 1.807) is 0 Å². The minimum absolute atomic E-state index is 0.166. The maximum atomic E-state index is 5.87. The number of rotatable bonds is 0. The minimum atomic E-state index is 0.166. The van der Waals surface area contributed by atoms with E-state index in [1.807, 2.05) is 19.1 Å². The number of fused-ring (bicyclic) bond motifs is 1. The van der Waals surface area contributed by atoms with E-state index in [4.69, 9.17) is 23.2 Å². The Hall–Kier alpha value is -0.800. The number of hydrogen-bond acceptors (Lipinski definition) is 3. The topological polar surface area (TPSA) is 37.8 Å². The molecule has 1 aliphatic heterocycles. The molecule has 0 saturated heterocycles. The van der Waals surface area contributed by atoms with Gasteiger partial charge in [-0.25, -0.2) is 9.97 Å². The van der Waals surface area contributed by atoms with Crippen LogP contribution in [0, 0.1) is 0 Å². The molecule has 1 atom stereocenters. The van der Waals surface area contributed by atoms with Crippen LogP contribution >= 0.6 is 23.2 Å². The van der Waals surface area contributed by atoms with Gasteiger partial charge >= 0.3 is 0 Å². The Bertz CT molecular complexity index is 376. The van der Waals surface area contributed by atoms with Gasteiger partial charge in [0.15, 0.2) is 0 Å². The van der Waals surface area contributed by atoms with Crippen LogP contribution in [0.5, 0.6) is 0 Å². The van der Waals surface area contributed by atoms with E-state index >= 15 is 0 Å². The molecule has 2 rings (SSSR count). The summed E-state index contributed by atoms with van der Waals surface area (Å²) in [5.74, 6) is 0.694. The zero-order valence-electron chi connectivity index (χ0n) is 6.88. The summed E-state index contributed by atoms with van der Waals surface area (Å²) < 4.78 is 0. The summed E-state index contributed by atoms with van der Waals surface area (Å²) in [4.78, 5) is 7.87. The fourth-order valence-corrected chi connectivity index (χ4v) is 1.62. The van der Waals surface area contributed by atoms with Gasteiger partial charge in [-0.15, -0.1) is 0 Å². The standard InChI is InChI=1S/C8H7Cl2N3/c1-4-2-3-5-6(9)12-8(10)13-7(5)11-4/h2-4H,1H3,(H,11,12,13). The second-order valence-corrected chi connectivity index (χ2v) is 3.53. The third-order valence-corrected chi connectivity index (χ3v) is 2.24. The summed E-state index contributed by atoms with van der Waals surface area (Å²) in [6.45, 7) is 2.02. The highest BCUT2D eigenvalue weighted by Crippen LogP contribution is 2.27. The molecule has 0 fully saturated rings. The van der Waals surface area contributed by atoms with Gasteiger partial charge in [0.05, 0.1) is 5.56 Å². The van der Waals surface area contributed by atoms with Crippen molar-refractivity contribution in [3.8, 4) is 0 Å². The molecule has 1 unspecified atom stereocenters. The fraction of sp³-hybridized carbons (Fsp3) is 0.250. The van der Waals surface area contributed by atoms with Crippen LogP contribution in [-0.2, 0) is 0 Å². The molecule has 0 spiro atoms. The zero-order valence-corrected chi connectivity index (χ0v) is 8.39. The molecule has 13 heavy (non-hydrogen) atoms. The van der Waals surface area contributed by atoms with E-state index in [9.17, 15) is 0 Å². The lowest BCUT2D eigenvalue weighted by atomic mass is 10.1. The summed E-state index contributed by atoms with van der Waals surface area (Å²) >= 11 is 11.5. The third-order valence-electron chi connectivity index (χ3n) is 1.79. The highest BCUT2D eigenvalue weighted by atomic mass is 35.5. The van der Waals surface area contributed by atoms with Crippen LogP contribution in [0.2, 0.25) is 10.4 Å². The summed E-state index contributed by atoms with van der Waals surface area (Å²) in [6.07, 6.45) is 3.89. The highest BCUT2D eigenvalue weighted by molar-refractivity contribution is 6.33.